The van der Waals surface area contributed by atoms with Gasteiger partial charge in [0, 0.05) is 18.3 Å². The highest BCUT2D eigenvalue weighted by atomic mass is 32.1. The third-order valence-corrected chi connectivity index (χ3v) is 4.37. The van der Waals surface area contributed by atoms with Crippen molar-refractivity contribution in [2.75, 3.05) is 5.32 Å². The zero-order chi connectivity index (χ0) is 17.4. The summed E-state index contributed by atoms with van der Waals surface area (Å²) in [6, 6.07) is 10.8. The van der Waals surface area contributed by atoms with Crippen molar-refractivity contribution in [1.82, 2.24) is 9.55 Å². The number of anilines is 1. The Morgan fingerprint density at radius 1 is 1.17 bits per heavy atom. The number of hydrogen-bond acceptors (Lipinski definition) is 3. The Balaban J connectivity index is 2.00. The van der Waals surface area contributed by atoms with Gasteiger partial charge in [-0.05, 0) is 55.9 Å². The van der Waals surface area contributed by atoms with Crippen LogP contribution in [0.3, 0.4) is 0 Å². The molecule has 0 aliphatic rings. The van der Waals surface area contributed by atoms with Crippen molar-refractivity contribution in [2.45, 2.75) is 13.8 Å². The predicted octanol–water partition coefficient (Wildman–Crippen LogP) is 3.47. The first kappa shape index (κ1) is 16.1. The molecular formula is C18H17N3O2S. The molecule has 2 N–H and O–H groups in total. The van der Waals surface area contributed by atoms with Crippen molar-refractivity contribution in [3.63, 3.8) is 0 Å². The quantitative estimate of drug-likeness (QED) is 0.703. The highest BCUT2D eigenvalue weighted by Crippen LogP contribution is 2.18. The molecule has 5 nitrogen and oxygen atoms in total. The number of aromatic amines is 1. The van der Waals surface area contributed by atoms with E-state index in [1.54, 1.807) is 25.2 Å². The summed E-state index contributed by atoms with van der Waals surface area (Å²) in [5.74, 6) is -0.233. The molecule has 0 aliphatic carbocycles. The van der Waals surface area contributed by atoms with E-state index in [1.165, 1.54) is 4.57 Å². The monoisotopic (exact) mass is 339 g/mol. The van der Waals surface area contributed by atoms with Gasteiger partial charge < -0.3 is 10.3 Å². The highest BCUT2D eigenvalue weighted by Gasteiger charge is 2.10. The van der Waals surface area contributed by atoms with Crippen LogP contribution in [0.2, 0.25) is 0 Å². The lowest BCUT2D eigenvalue weighted by Crippen LogP contribution is -2.19. The molecule has 0 spiro atoms. The SMILES string of the molecule is Cc1ccc(NC(=O)c2ccc3c(=O)n(C)c(=S)[nH]c3c2)c(C)c1. The molecule has 1 heterocycles. The summed E-state index contributed by atoms with van der Waals surface area (Å²) >= 11 is 5.12. The van der Waals surface area contributed by atoms with E-state index in [-0.39, 0.29) is 11.5 Å². The van der Waals surface area contributed by atoms with Crippen LogP contribution in [0.25, 0.3) is 10.9 Å². The van der Waals surface area contributed by atoms with Crippen LogP contribution in [0.4, 0.5) is 5.69 Å². The van der Waals surface area contributed by atoms with Crippen molar-refractivity contribution in [3.8, 4) is 0 Å². The maximum absolute atomic E-state index is 12.5. The van der Waals surface area contributed by atoms with Crippen LogP contribution in [-0.2, 0) is 7.05 Å². The zero-order valence-electron chi connectivity index (χ0n) is 13.6. The number of nitrogens with one attached hydrogen (secondary N) is 2. The second-order valence-corrected chi connectivity index (χ2v) is 6.21. The molecule has 122 valence electrons. The van der Waals surface area contributed by atoms with E-state index in [4.69, 9.17) is 12.2 Å². The van der Waals surface area contributed by atoms with Gasteiger partial charge in [0.25, 0.3) is 11.5 Å². The van der Waals surface area contributed by atoms with Gasteiger partial charge in [-0.15, -0.1) is 0 Å². The van der Waals surface area contributed by atoms with Crippen LogP contribution < -0.4 is 10.9 Å². The molecule has 0 saturated heterocycles. The molecule has 6 heteroatoms. The van der Waals surface area contributed by atoms with Crippen LogP contribution in [0.1, 0.15) is 21.5 Å². The van der Waals surface area contributed by atoms with Gasteiger partial charge in [-0.1, -0.05) is 17.7 Å². The molecule has 2 aromatic carbocycles. The molecule has 0 aliphatic heterocycles. The van der Waals surface area contributed by atoms with Gasteiger partial charge >= 0.3 is 0 Å². The van der Waals surface area contributed by atoms with Gasteiger partial charge in [-0.3, -0.25) is 14.2 Å². The van der Waals surface area contributed by atoms with Gasteiger partial charge in [0.2, 0.25) is 0 Å². The number of rotatable bonds is 2. The smallest absolute Gasteiger partial charge is 0.261 e. The standard InChI is InChI=1S/C18H17N3O2S/c1-10-4-7-14(11(2)8-10)19-16(22)12-5-6-13-15(9-12)20-18(24)21(3)17(13)23/h4-9H,1-3H3,(H,19,22)(H,20,24). The summed E-state index contributed by atoms with van der Waals surface area (Å²) in [5.41, 5.74) is 3.73. The van der Waals surface area contributed by atoms with E-state index in [9.17, 15) is 9.59 Å². The Kier molecular flexibility index (Phi) is 4.07. The lowest BCUT2D eigenvalue weighted by Gasteiger charge is -2.10. The van der Waals surface area contributed by atoms with Gasteiger partial charge in [0.1, 0.15) is 0 Å². The number of amides is 1. The minimum Gasteiger partial charge on any atom is -0.332 e. The lowest BCUT2D eigenvalue weighted by atomic mass is 10.1. The summed E-state index contributed by atoms with van der Waals surface area (Å²) < 4.78 is 1.69. The summed E-state index contributed by atoms with van der Waals surface area (Å²) in [5, 5.41) is 3.39. The molecule has 3 rings (SSSR count). The van der Waals surface area contributed by atoms with Crippen LogP contribution in [0.15, 0.2) is 41.2 Å². The summed E-state index contributed by atoms with van der Waals surface area (Å²) in [4.78, 5) is 27.6. The fraction of sp³-hybridized carbons (Fsp3) is 0.167. The van der Waals surface area contributed by atoms with Gasteiger partial charge in [-0.2, -0.15) is 0 Å². The maximum Gasteiger partial charge on any atom is 0.261 e. The first-order valence-corrected chi connectivity index (χ1v) is 7.89. The number of H-pyrrole nitrogens is 1. The molecule has 3 aromatic rings. The Morgan fingerprint density at radius 2 is 1.92 bits per heavy atom. The van der Waals surface area contributed by atoms with E-state index in [2.05, 4.69) is 10.3 Å². The molecule has 1 amide bonds. The number of nitrogens with zero attached hydrogens (tertiary/aromatic N) is 1. The third kappa shape index (κ3) is 2.88. The topological polar surface area (TPSA) is 66.9 Å². The molecule has 0 unspecified atom stereocenters. The van der Waals surface area contributed by atoms with E-state index in [1.807, 2.05) is 32.0 Å². The zero-order valence-corrected chi connectivity index (χ0v) is 14.5. The first-order chi connectivity index (χ1) is 11.4. The number of aromatic nitrogens is 2. The Hall–Kier alpha value is -2.73. The summed E-state index contributed by atoms with van der Waals surface area (Å²) in [6.45, 7) is 3.95. The van der Waals surface area contributed by atoms with Crippen LogP contribution in [0.5, 0.6) is 0 Å². The van der Waals surface area contributed by atoms with E-state index in [0.717, 1.165) is 16.8 Å². The second-order valence-electron chi connectivity index (χ2n) is 5.83. The molecule has 0 radical (unpaired) electrons. The average Bonchev–Trinajstić information content (AvgIpc) is 2.54. The minimum absolute atomic E-state index is 0.185. The van der Waals surface area contributed by atoms with Gasteiger partial charge in [0.05, 0.1) is 10.9 Å². The molecular weight excluding hydrogens is 322 g/mol. The summed E-state index contributed by atoms with van der Waals surface area (Å²) in [7, 11) is 1.61. The Labute approximate surface area is 144 Å². The molecule has 0 fully saturated rings. The van der Waals surface area contributed by atoms with Crippen molar-refractivity contribution >= 4 is 34.7 Å². The Bertz CT molecular complexity index is 1080. The van der Waals surface area contributed by atoms with Gasteiger partial charge in [0.15, 0.2) is 4.77 Å². The molecule has 0 saturated carbocycles. The fourth-order valence-electron chi connectivity index (χ4n) is 2.60. The van der Waals surface area contributed by atoms with Crippen LogP contribution >= 0.6 is 12.2 Å². The highest BCUT2D eigenvalue weighted by molar-refractivity contribution is 7.71. The number of carbonyl (C=O) groups is 1. The summed E-state index contributed by atoms with van der Waals surface area (Å²) in [6.07, 6.45) is 0. The average molecular weight is 339 g/mol. The normalized spacial score (nSPS) is 10.8. The molecule has 0 bridgehead atoms. The number of fused-ring (bicyclic) bond motifs is 1. The van der Waals surface area contributed by atoms with E-state index < -0.39 is 0 Å². The van der Waals surface area contributed by atoms with Crippen LogP contribution in [0, 0.1) is 18.6 Å². The first-order valence-electron chi connectivity index (χ1n) is 7.48. The number of hydrogen-bond donors (Lipinski definition) is 2. The van der Waals surface area contributed by atoms with E-state index >= 15 is 0 Å². The molecule has 24 heavy (non-hydrogen) atoms. The predicted molar refractivity (Wildman–Crippen MR) is 98.2 cm³/mol. The minimum atomic E-state index is -0.233. The molecule has 0 atom stereocenters. The van der Waals surface area contributed by atoms with Crippen LogP contribution in [-0.4, -0.2) is 15.5 Å². The maximum atomic E-state index is 12.5. The van der Waals surface area contributed by atoms with Crippen molar-refractivity contribution < 1.29 is 4.79 Å². The van der Waals surface area contributed by atoms with E-state index in [0.29, 0.717) is 21.2 Å². The van der Waals surface area contributed by atoms with Crippen molar-refractivity contribution in [2.24, 2.45) is 7.05 Å². The Morgan fingerprint density at radius 3 is 2.62 bits per heavy atom. The second kappa shape index (κ2) is 6.05. The number of benzene rings is 2. The van der Waals surface area contributed by atoms with Crippen molar-refractivity contribution in [1.29, 1.82) is 0 Å². The number of aryl methyl sites for hydroxylation is 2. The van der Waals surface area contributed by atoms with Crippen molar-refractivity contribution in [3.05, 3.63) is 68.2 Å². The third-order valence-electron chi connectivity index (χ3n) is 3.99. The lowest BCUT2D eigenvalue weighted by molar-refractivity contribution is 0.102. The number of carbonyl (C=O) groups excluding carboxylic acids is 1. The largest absolute Gasteiger partial charge is 0.332 e. The fourth-order valence-corrected chi connectivity index (χ4v) is 2.79. The van der Waals surface area contributed by atoms with Gasteiger partial charge in [-0.25, -0.2) is 0 Å². The molecule has 1 aromatic heterocycles.